The Kier molecular flexibility index (Phi) is 5.45. The molecule has 0 aliphatic carbocycles. The molecule has 3 N–H and O–H groups in total. The van der Waals surface area contributed by atoms with Crippen molar-refractivity contribution in [3.05, 3.63) is 33.9 Å². The van der Waals surface area contributed by atoms with Crippen molar-refractivity contribution in [2.24, 2.45) is 5.92 Å². The molecule has 1 amide bonds. The van der Waals surface area contributed by atoms with Crippen LogP contribution in [0.4, 0.5) is 11.4 Å². The second kappa shape index (κ2) is 6.85. The van der Waals surface area contributed by atoms with Crippen LogP contribution in [0.25, 0.3) is 0 Å². The summed E-state index contributed by atoms with van der Waals surface area (Å²) in [4.78, 5) is 22.0. The second-order valence-electron chi connectivity index (χ2n) is 4.76. The van der Waals surface area contributed by atoms with Gasteiger partial charge in [0.1, 0.15) is 5.69 Å². The van der Waals surface area contributed by atoms with Gasteiger partial charge in [-0.1, -0.05) is 13.8 Å². The van der Waals surface area contributed by atoms with E-state index in [-0.39, 0.29) is 29.7 Å². The van der Waals surface area contributed by atoms with Crippen LogP contribution in [0.15, 0.2) is 18.2 Å². The zero-order valence-corrected chi connectivity index (χ0v) is 11.7. The predicted octanol–water partition coefficient (Wildman–Crippen LogP) is 1.38. The van der Waals surface area contributed by atoms with Crippen LogP contribution in [0.3, 0.4) is 0 Å². The van der Waals surface area contributed by atoms with Crippen LogP contribution in [0.1, 0.15) is 24.2 Å². The first-order valence-corrected chi connectivity index (χ1v) is 6.29. The topological polar surface area (TPSA) is 104 Å². The Morgan fingerprint density at radius 3 is 2.60 bits per heavy atom. The van der Waals surface area contributed by atoms with E-state index in [1.807, 2.05) is 13.8 Å². The van der Waals surface area contributed by atoms with Gasteiger partial charge in [-0.2, -0.15) is 0 Å². The lowest BCUT2D eigenvalue weighted by molar-refractivity contribution is -0.384. The van der Waals surface area contributed by atoms with Crippen molar-refractivity contribution >= 4 is 17.3 Å². The zero-order chi connectivity index (χ0) is 15.3. The van der Waals surface area contributed by atoms with Crippen molar-refractivity contribution in [2.75, 3.05) is 18.9 Å². The molecular formula is C13H19N3O4. The summed E-state index contributed by atoms with van der Waals surface area (Å²) in [5.74, 6) is -0.295. The molecule has 1 aromatic rings. The van der Waals surface area contributed by atoms with E-state index in [0.29, 0.717) is 5.56 Å². The number of aliphatic hydroxyl groups excluding tert-OH is 1. The second-order valence-corrected chi connectivity index (χ2v) is 4.76. The van der Waals surface area contributed by atoms with E-state index in [1.165, 1.54) is 25.2 Å². The highest BCUT2D eigenvalue weighted by Gasteiger charge is 2.18. The van der Waals surface area contributed by atoms with Gasteiger partial charge in [-0.3, -0.25) is 14.9 Å². The normalized spacial score (nSPS) is 12.1. The minimum absolute atomic E-state index is 0.0312. The number of benzene rings is 1. The molecule has 110 valence electrons. The molecule has 0 fully saturated rings. The van der Waals surface area contributed by atoms with Gasteiger partial charge in [-0.15, -0.1) is 0 Å². The Morgan fingerprint density at radius 2 is 2.10 bits per heavy atom. The number of carbonyl (C=O) groups is 1. The van der Waals surface area contributed by atoms with Crippen molar-refractivity contribution in [2.45, 2.75) is 20.0 Å². The SMILES string of the molecule is CNC(=O)c1ccc([N+](=O)[O-])c(NCC(O)C(C)C)c1. The van der Waals surface area contributed by atoms with Crippen molar-refractivity contribution in [3.8, 4) is 0 Å². The number of amides is 1. The van der Waals surface area contributed by atoms with Crippen LogP contribution in [-0.2, 0) is 0 Å². The molecule has 0 heterocycles. The van der Waals surface area contributed by atoms with Gasteiger partial charge in [0.05, 0.1) is 11.0 Å². The third-order valence-corrected chi connectivity index (χ3v) is 2.95. The number of aliphatic hydroxyl groups is 1. The first-order valence-electron chi connectivity index (χ1n) is 6.29. The van der Waals surface area contributed by atoms with E-state index in [0.717, 1.165) is 0 Å². The number of nitro benzene ring substituents is 1. The number of anilines is 1. The fourth-order valence-corrected chi connectivity index (χ4v) is 1.57. The molecule has 7 heteroatoms. The highest BCUT2D eigenvalue weighted by molar-refractivity contribution is 5.95. The van der Waals surface area contributed by atoms with E-state index < -0.39 is 11.0 Å². The van der Waals surface area contributed by atoms with Crippen molar-refractivity contribution in [1.29, 1.82) is 0 Å². The first kappa shape index (κ1) is 15.9. The largest absolute Gasteiger partial charge is 0.391 e. The molecular weight excluding hydrogens is 262 g/mol. The van der Waals surface area contributed by atoms with Crippen LogP contribution < -0.4 is 10.6 Å². The maximum atomic E-state index is 11.5. The van der Waals surface area contributed by atoms with Crippen molar-refractivity contribution < 1.29 is 14.8 Å². The Morgan fingerprint density at radius 1 is 1.45 bits per heavy atom. The fraction of sp³-hybridized carbons (Fsp3) is 0.462. The Labute approximate surface area is 117 Å². The third-order valence-electron chi connectivity index (χ3n) is 2.95. The van der Waals surface area contributed by atoms with E-state index in [1.54, 1.807) is 0 Å². The van der Waals surface area contributed by atoms with Gasteiger partial charge >= 0.3 is 0 Å². The predicted molar refractivity (Wildman–Crippen MR) is 75.8 cm³/mol. The molecule has 0 aromatic heterocycles. The highest BCUT2D eigenvalue weighted by Crippen LogP contribution is 2.25. The molecule has 0 aliphatic heterocycles. The van der Waals surface area contributed by atoms with E-state index in [9.17, 15) is 20.0 Å². The number of rotatable bonds is 6. The summed E-state index contributed by atoms with van der Waals surface area (Å²) in [6.45, 7) is 3.87. The summed E-state index contributed by atoms with van der Waals surface area (Å²) in [6.07, 6.45) is -0.627. The molecule has 1 unspecified atom stereocenters. The molecule has 0 bridgehead atoms. The van der Waals surface area contributed by atoms with Gasteiger partial charge < -0.3 is 15.7 Å². The van der Waals surface area contributed by atoms with Gasteiger partial charge in [-0.25, -0.2) is 0 Å². The molecule has 20 heavy (non-hydrogen) atoms. The lowest BCUT2D eigenvalue weighted by Crippen LogP contribution is -2.25. The third kappa shape index (κ3) is 3.92. The minimum Gasteiger partial charge on any atom is -0.391 e. The molecule has 1 aromatic carbocycles. The van der Waals surface area contributed by atoms with Crippen LogP contribution in [0.5, 0.6) is 0 Å². The fourth-order valence-electron chi connectivity index (χ4n) is 1.57. The summed E-state index contributed by atoms with van der Waals surface area (Å²) < 4.78 is 0. The monoisotopic (exact) mass is 281 g/mol. The average Bonchev–Trinajstić information content (AvgIpc) is 2.43. The summed E-state index contributed by atoms with van der Waals surface area (Å²) in [5.41, 5.74) is 0.407. The van der Waals surface area contributed by atoms with Crippen molar-refractivity contribution in [1.82, 2.24) is 5.32 Å². The van der Waals surface area contributed by atoms with Crippen LogP contribution in [-0.4, -0.2) is 35.6 Å². The molecule has 1 rings (SSSR count). The van der Waals surface area contributed by atoms with Crippen LogP contribution in [0.2, 0.25) is 0 Å². The number of nitrogens with one attached hydrogen (secondary N) is 2. The van der Waals surface area contributed by atoms with Crippen LogP contribution >= 0.6 is 0 Å². The van der Waals surface area contributed by atoms with E-state index >= 15 is 0 Å². The summed E-state index contributed by atoms with van der Waals surface area (Å²) in [7, 11) is 1.49. The minimum atomic E-state index is -0.627. The molecule has 0 radical (unpaired) electrons. The van der Waals surface area contributed by atoms with Gasteiger partial charge in [0, 0.05) is 25.2 Å². The van der Waals surface area contributed by atoms with Crippen LogP contribution in [0, 0.1) is 16.0 Å². The molecule has 7 nitrogen and oxygen atoms in total. The lowest BCUT2D eigenvalue weighted by atomic mass is 10.1. The van der Waals surface area contributed by atoms with E-state index in [2.05, 4.69) is 10.6 Å². The Bertz CT molecular complexity index is 502. The summed E-state index contributed by atoms with van der Waals surface area (Å²) in [5, 5.41) is 26.0. The molecule has 1 atom stereocenters. The van der Waals surface area contributed by atoms with Crippen molar-refractivity contribution in [3.63, 3.8) is 0 Å². The maximum Gasteiger partial charge on any atom is 0.292 e. The number of nitro groups is 1. The standard InChI is InChI=1S/C13H19N3O4/c1-8(2)12(17)7-15-10-6-9(13(18)14-3)4-5-11(10)16(19)20/h4-6,8,12,15,17H,7H2,1-3H3,(H,14,18). The molecule has 0 spiro atoms. The lowest BCUT2D eigenvalue weighted by Gasteiger charge is -2.16. The smallest absolute Gasteiger partial charge is 0.292 e. The summed E-state index contributed by atoms with van der Waals surface area (Å²) >= 11 is 0. The zero-order valence-electron chi connectivity index (χ0n) is 11.7. The number of hydrogen-bond acceptors (Lipinski definition) is 5. The Hall–Kier alpha value is -2.15. The molecule has 0 saturated heterocycles. The average molecular weight is 281 g/mol. The quantitative estimate of drug-likeness (QED) is 0.540. The summed E-state index contributed by atoms with van der Waals surface area (Å²) in [6, 6.07) is 4.07. The number of nitrogens with zero attached hydrogens (tertiary/aromatic N) is 1. The van der Waals surface area contributed by atoms with Gasteiger partial charge in [0.25, 0.3) is 11.6 Å². The van der Waals surface area contributed by atoms with Gasteiger partial charge in [-0.05, 0) is 18.1 Å². The Balaban J connectivity index is 3.00. The first-order chi connectivity index (χ1) is 9.36. The highest BCUT2D eigenvalue weighted by atomic mass is 16.6. The van der Waals surface area contributed by atoms with E-state index in [4.69, 9.17) is 0 Å². The molecule has 0 aliphatic rings. The van der Waals surface area contributed by atoms with Gasteiger partial charge in [0.15, 0.2) is 0 Å². The number of hydrogen-bond donors (Lipinski definition) is 3. The van der Waals surface area contributed by atoms with Gasteiger partial charge in [0.2, 0.25) is 0 Å². The number of carbonyl (C=O) groups excluding carboxylic acids is 1. The maximum absolute atomic E-state index is 11.5. The molecule has 0 saturated carbocycles.